The Bertz CT molecular complexity index is 1460. The van der Waals surface area contributed by atoms with Crippen LogP contribution in [0.15, 0.2) is 72.8 Å². The monoisotopic (exact) mass is 619 g/mol. The maximum absolute atomic E-state index is 14.1. The number of hydrogen-bond acceptors (Lipinski definition) is 4. The van der Waals surface area contributed by atoms with E-state index in [-0.39, 0.29) is 30.6 Å². The fraction of sp³-hybridized carbons (Fsp3) is 0.333. The number of halogens is 3. The summed E-state index contributed by atoms with van der Waals surface area (Å²) < 4.78 is 40.5. The topological polar surface area (TPSA) is 86.8 Å². The van der Waals surface area contributed by atoms with Crippen molar-refractivity contribution in [3.8, 4) is 0 Å². The Morgan fingerprint density at radius 2 is 1.61 bits per heavy atom. The van der Waals surface area contributed by atoms with Gasteiger partial charge < -0.3 is 10.2 Å². The van der Waals surface area contributed by atoms with E-state index in [0.29, 0.717) is 15.6 Å². The minimum atomic E-state index is -4.01. The SMILES string of the molecule is CS(=O)(=O)N(CC(=O)N(Cc1c(Cl)cccc1Cl)C(Cc1ccccc1)C(=O)NC1CCCC1)c1cccc(F)c1. The molecule has 2 amide bonds. The Kier molecular flexibility index (Phi) is 10.3. The zero-order valence-corrected chi connectivity index (χ0v) is 24.9. The van der Waals surface area contributed by atoms with Gasteiger partial charge in [0.1, 0.15) is 18.4 Å². The molecule has 1 fully saturated rings. The van der Waals surface area contributed by atoms with Crippen molar-refractivity contribution in [2.75, 3.05) is 17.1 Å². The molecule has 0 aliphatic heterocycles. The molecule has 1 saturated carbocycles. The van der Waals surface area contributed by atoms with Gasteiger partial charge in [-0.1, -0.05) is 78.5 Å². The van der Waals surface area contributed by atoms with Crippen molar-refractivity contribution in [2.45, 2.75) is 50.7 Å². The summed E-state index contributed by atoms with van der Waals surface area (Å²) in [6, 6.07) is 18.2. The molecule has 1 atom stereocenters. The van der Waals surface area contributed by atoms with Crippen LogP contribution in [0.25, 0.3) is 0 Å². The molecule has 1 unspecified atom stereocenters. The number of benzene rings is 3. The van der Waals surface area contributed by atoms with Gasteiger partial charge in [0, 0.05) is 34.6 Å². The van der Waals surface area contributed by atoms with E-state index in [1.807, 2.05) is 30.3 Å². The fourth-order valence-corrected chi connectivity index (χ4v) is 6.38. The molecule has 0 spiro atoms. The second-order valence-corrected chi connectivity index (χ2v) is 12.9. The summed E-state index contributed by atoms with van der Waals surface area (Å²) >= 11 is 13.0. The first kappa shape index (κ1) is 30.8. The molecule has 11 heteroatoms. The Morgan fingerprint density at radius 3 is 2.22 bits per heavy atom. The molecule has 3 aromatic rings. The lowest BCUT2D eigenvalue weighted by Gasteiger charge is -2.34. The van der Waals surface area contributed by atoms with Gasteiger partial charge in [-0.3, -0.25) is 13.9 Å². The van der Waals surface area contributed by atoms with Crippen LogP contribution in [0.3, 0.4) is 0 Å². The number of nitrogens with zero attached hydrogens (tertiary/aromatic N) is 2. The molecule has 4 rings (SSSR count). The molecule has 0 bridgehead atoms. The van der Waals surface area contributed by atoms with Gasteiger partial charge in [0.2, 0.25) is 21.8 Å². The number of nitrogens with one attached hydrogen (secondary N) is 1. The second-order valence-electron chi connectivity index (χ2n) is 10.2. The van der Waals surface area contributed by atoms with Crippen molar-refractivity contribution < 1.29 is 22.4 Å². The maximum Gasteiger partial charge on any atom is 0.244 e. The highest BCUT2D eigenvalue weighted by Crippen LogP contribution is 2.28. The first-order chi connectivity index (χ1) is 19.5. The number of rotatable bonds is 11. The normalized spacial score (nSPS) is 14.4. The summed E-state index contributed by atoms with van der Waals surface area (Å²) in [5.74, 6) is -1.67. The van der Waals surface area contributed by atoms with Crippen molar-refractivity contribution in [1.29, 1.82) is 0 Å². The van der Waals surface area contributed by atoms with Gasteiger partial charge in [-0.05, 0) is 48.7 Å². The van der Waals surface area contributed by atoms with Crippen molar-refractivity contribution >= 4 is 50.7 Å². The number of sulfonamides is 1. The lowest BCUT2D eigenvalue weighted by molar-refractivity contribution is -0.140. The van der Waals surface area contributed by atoms with E-state index in [0.717, 1.165) is 47.9 Å². The van der Waals surface area contributed by atoms with E-state index >= 15 is 0 Å². The number of carbonyl (C=O) groups excluding carboxylic acids is 2. The van der Waals surface area contributed by atoms with Crippen LogP contribution in [0.4, 0.5) is 10.1 Å². The van der Waals surface area contributed by atoms with Gasteiger partial charge in [0.05, 0.1) is 11.9 Å². The minimum absolute atomic E-state index is 0.00778. The van der Waals surface area contributed by atoms with Crippen LogP contribution < -0.4 is 9.62 Å². The summed E-state index contributed by atoms with van der Waals surface area (Å²) in [6.07, 6.45) is 4.80. The summed E-state index contributed by atoms with van der Waals surface area (Å²) in [4.78, 5) is 29.3. The molecule has 1 aliphatic carbocycles. The standard InChI is InChI=1S/C30H32Cl2FN3O4S/c1-41(39,40)36(24-14-7-11-22(33)18-24)20-29(37)35(19-25-26(31)15-8-16-27(25)32)28(17-21-9-3-2-4-10-21)30(38)34-23-12-5-6-13-23/h2-4,7-11,14-16,18,23,28H,5-6,12-13,17,19-20H2,1H3,(H,34,38). The highest BCUT2D eigenvalue weighted by molar-refractivity contribution is 7.92. The molecule has 0 saturated heterocycles. The summed E-state index contributed by atoms with van der Waals surface area (Å²) in [5.41, 5.74) is 1.23. The highest BCUT2D eigenvalue weighted by atomic mass is 35.5. The lowest BCUT2D eigenvalue weighted by Crippen LogP contribution is -2.54. The molecule has 218 valence electrons. The molecule has 41 heavy (non-hydrogen) atoms. The number of carbonyl (C=O) groups is 2. The van der Waals surface area contributed by atoms with Crippen LogP contribution >= 0.6 is 23.2 Å². The fourth-order valence-electron chi connectivity index (χ4n) is 5.02. The van der Waals surface area contributed by atoms with Gasteiger partial charge in [-0.2, -0.15) is 0 Å². The molecule has 3 aromatic carbocycles. The number of amides is 2. The molecule has 0 heterocycles. The Morgan fingerprint density at radius 1 is 0.976 bits per heavy atom. The third-order valence-corrected chi connectivity index (χ3v) is 8.99. The molecular formula is C30H32Cl2FN3O4S. The molecule has 1 aliphatic rings. The van der Waals surface area contributed by atoms with Gasteiger partial charge in [0.25, 0.3) is 0 Å². The van der Waals surface area contributed by atoms with Crippen molar-refractivity contribution in [2.24, 2.45) is 0 Å². The van der Waals surface area contributed by atoms with Crippen molar-refractivity contribution in [3.05, 3.63) is 99.8 Å². The Balaban J connectivity index is 1.76. The van der Waals surface area contributed by atoms with Crippen molar-refractivity contribution in [1.82, 2.24) is 10.2 Å². The molecule has 0 aromatic heterocycles. The largest absolute Gasteiger partial charge is 0.352 e. The summed E-state index contributed by atoms with van der Waals surface area (Å²) in [7, 11) is -4.01. The van der Waals surface area contributed by atoms with E-state index in [9.17, 15) is 22.4 Å². The summed E-state index contributed by atoms with van der Waals surface area (Å²) in [6.45, 7) is -0.806. The van der Waals surface area contributed by atoms with Crippen LogP contribution in [0.5, 0.6) is 0 Å². The maximum atomic E-state index is 14.1. The zero-order chi connectivity index (χ0) is 29.6. The van der Waals surface area contributed by atoms with E-state index in [1.54, 1.807) is 18.2 Å². The second kappa shape index (κ2) is 13.7. The van der Waals surface area contributed by atoms with E-state index in [1.165, 1.54) is 23.1 Å². The summed E-state index contributed by atoms with van der Waals surface area (Å²) in [5, 5.41) is 3.69. The third-order valence-electron chi connectivity index (χ3n) is 7.14. The highest BCUT2D eigenvalue weighted by Gasteiger charge is 2.35. The van der Waals surface area contributed by atoms with Gasteiger partial charge in [-0.15, -0.1) is 0 Å². The Hall–Kier alpha value is -3.14. The molecule has 0 radical (unpaired) electrons. The zero-order valence-electron chi connectivity index (χ0n) is 22.6. The Labute approximate surface area is 250 Å². The molecule has 1 N–H and O–H groups in total. The quantitative estimate of drug-likeness (QED) is 0.303. The van der Waals surface area contributed by atoms with Crippen LogP contribution in [-0.2, 0) is 32.6 Å². The van der Waals surface area contributed by atoms with Gasteiger partial charge in [0.15, 0.2) is 0 Å². The van der Waals surface area contributed by atoms with E-state index < -0.39 is 34.3 Å². The van der Waals surface area contributed by atoms with Crippen LogP contribution in [-0.4, -0.2) is 50.0 Å². The average molecular weight is 621 g/mol. The average Bonchev–Trinajstić information content (AvgIpc) is 3.43. The lowest BCUT2D eigenvalue weighted by atomic mass is 10.0. The number of anilines is 1. The number of hydrogen-bond donors (Lipinski definition) is 1. The van der Waals surface area contributed by atoms with Crippen LogP contribution in [0.1, 0.15) is 36.8 Å². The van der Waals surface area contributed by atoms with Crippen LogP contribution in [0, 0.1) is 5.82 Å². The first-order valence-corrected chi connectivity index (χ1v) is 15.9. The smallest absolute Gasteiger partial charge is 0.244 e. The van der Waals surface area contributed by atoms with Gasteiger partial charge in [-0.25, -0.2) is 12.8 Å². The predicted molar refractivity (Wildman–Crippen MR) is 160 cm³/mol. The van der Waals surface area contributed by atoms with E-state index in [4.69, 9.17) is 23.2 Å². The molecule has 7 nitrogen and oxygen atoms in total. The minimum Gasteiger partial charge on any atom is -0.352 e. The third kappa shape index (κ3) is 8.21. The van der Waals surface area contributed by atoms with Gasteiger partial charge >= 0.3 is 0 Å². The molecular weight excluding hydrogens is 588 g/mol. The van der Waals surface area contributed by atoms with E-state index in [2.05, 4.69) is 5.32 Å². The van der Waals surface area contributed by atoms with Crippen LogP contribution in [0.2, 0.25) is 10.0 Å². The predicted octanol–water partition coefficient (Wildman–Crippen LogP) is 5.60. The first-order valence-electron chi connectivity index (χ1n) is 13.3. The van der Waals surface area contributed by atoms with Crippen molar-refractivity contribution in [3.63, 3.8) is 0 Å².